The fraction of sp³-hybridized carbons (Fsp3) is 0.136. The highest BCUT2D eigenvalue weighted by molar-refractivity contribution is 6.32. The molecule has 0 saturated heterocycles. The minimum atomic E-state index is 0.450. The highest BCUT2D eigenvalue weighted by atomic mass is 35.5. The topological polar surface area (TPSA) is 63.3 Å². The monoisotopic (exact) mass is 390 g/mol. The van der Waals surface area contributed by atoms with Gasteiger partial charge in [0, 0.05) is 33.4 Å². The maximum atomic E-state index is 6.35. The summed E-state index contributed by atoms with van der Waals surface area (Å²) in [5.74, 6) is 1.17. The second kappa shape index (κ2) is 7.44. The van der Waals surface area contributed by atoms with Crippen LogP contribution in [0.5, 0.6) is 0 Å². The molecule has 2 heterocycles. The first-order valence-corrected chi connectivity index (χ1v) is 9.29. The summed E-state index contributed by atoms with van der Waals surface area (Å²) in [6.45, 7) is 5.80. The lowest BCUT2D eigenvalue weighted by atomic mass is 10.1. The van der Waals surface area contributed by atoms with Crippen molar-refractivity contribution in [2.24, 2.45) is 5.10 Å². The molecule has 6 heteroatoms. The summed E-state index contributed by atoms with van der Waals surface area (Å²) in [5, 5.41) is 6.72. The number of nitrogens with one attached hydrogen (secondary N) is 1. The van der Waals surface area contributed by atoms with Gasteiger partial charge in [0.15, 0.2) is 0 Å². The third-order valence-electron chi connectivity index (χ3n) is 4.34. The van der Waals surface area contributed by atoms with Crippen molar-refractivity contribution in [1.82, 2.24) is 9.97 Å². The number of rotatable bonds is 3. The zero-order valence-electron chi connectivity index (χ0n) is 15.8. The van der Waals surface area contributed by atoms with Crippen molar-refractivity contribution in [2.45, 2.75) is 20.8 Å². The Balaban J connectivity index is 1.90. The van der Waals surface area contributed by atoms with Crippen molar-refractivity contribution in [3.63, 3.8) is 0 Å². The Bertz CT molecular complexity index is 1210. The molecule has 0 atom stereocenters. The van der Waals surface area contributed by atoms with Crippen LogP contribution in [0.15, 0.2) is 64.1 Å². The number of aryl methyl sites for hydroxylation is 3. The van der Waals surface area contributed by atoms with Gasteiger partial charge in [-0.05, 0) is 44.5 Å². The number of nitrogens with zero attached hydrogens (tertiary/aromatic N) is 3. The summed E-state index contributed by atoms with van der Waals surface area (Å²) in [4.78, 5) is 8.75. The van der Waals surface area contributed by atoms with Crippen LogP contribution < -0.4 is 10.8 Å². The summed E-state index contributed by atoms with van der Waals surface area (Å²) in [6, 6.07) is 17.5. The molecule has 0 spiro atoms. The number of hydrogen-bond donors (Lipinski definition) is 1. The van der Waals surface area contributed by atoms with Crippen molar-refractivity contribution in [3.05, 3.63) is 81.9 Å². The minimum Gasteiger partial charge on any atom is -0.456 e. The fourth-order valence-electron chi connectivity index (χ4n) is 3.01. The summed E-state index contributed by atoms with van der Waals surface area (Å²) in [5.41, 5.74) is 7.34. The lowest BCUT2D eigenvalue weighted by Crippen LogP contribution is -2.09. The zero-order chi connectivity index (χ0) is 19.7. The second-order valence-corrected chi connectivity index (χ2v) is 7.06. The summed E-state index contributed by atoms with van der Waals surface area (Å²) >= 11 is 6.35. The number of halogens is 1. The summed E-state index contributed by atoms with van der Waals surface area (Å²) in [6.07, 6.45) is 0. The van der Waals surface area contributed by atoms with Crippen LogP contribution in [-0.4, -0.2) is 9.97 Å². The van der Waals surface area contributed by atoms with Crippen molar-refractivity contribution in [1.29, 1.82) is 0 Å². The van der Waals surface area contributed by atoms with Crippen LogP contribution in [0, 0.1) is 20.8 Å². The Morgan fingerprint density at radius 1 is 0.929 bits per heavy atom. The molecular formula is C22H19ClN4O. The van der Waals surface area contributed by atoms with E-state index >= 15 is 0 Å². The quantitative estimate of drug-likeness (QED) is 0.476. The first-order valence-electron chi connectivity index (χ1n) is 8.91. The molecule has 140 valence electrons. The molecule has 4 rings (SSSR count). The van der Waals surface area contributed by atoms with Crippen molar-refractivity contribution in [2.75, 3.05) is 5.43 Å². The maximum absolute atomic E-state index is 6.35. The largest absolute Gasteiger partial charge is 0.456 e. The lowest BCUT2D eigenvalue weighted by molar-refractivity contribution is 0.618. The van der Waals surface area contributed by atoms with Gasteiger partial charge in [0.25, 0.3) is 0 Å². The van der Waals surface area contributed by atoms with Gasteiger partial charge in [-0.25, -0.2) is 15.4 Å². The van der Waals surface area contributed by atoms with Gasteiger partial charge < -0.3 is 4.42 Å². The number of benzene rings is 2. The molecule has 0 amide bonds. The fourth-order valence-corrected chi connectivity index (χ4v) is 3.18. The molecule has 0 aliphatic rings. The van der Waals surface area contributed by atoms with Crippen LogP contribution in [0.25, 0.3) is 22.3 Å². The van der Waals surface area contributed by atoms with E-state index < -0.39 is 0 Å². The van der Waals surface area contributed by atoms with Crippen molar-refractivity contribution in [3.8, 4) is 11.3 Å². The Morgan fingerprint density at radius 3 is 2.36 bits per heavy atom. The summed E-state index contributed by atoms with van der Waals surface area (Å²) in [7, 11) is 0. The van der Waals surface area contributed by atoms with E-state index in [0.29, 0.717) is 21.9 Å². The van der Waals surface area contributed by atoms with Crippen molar-refractivity contribution >= 4 is 28.5 Å². The van der Waals surface area contributed by atoms with Crippen LogP contribution >= 0.6 is 11.6 Å². The standard InChI is InChI=1S/C22H19ClN4O/c1-13-9-21-17(11-18(13)23)19(12-20(28-21)16-7-5-4-6-8-16)26-27-22-24-14(2)10-15(3)25-22/h4-12H,1-3H3,(H,24,25,27). The lowest BCUT2D eigenvalue weighted by Gasteiger charge is -2.07. The first kappa shape index (κ1) is 18.2. The van der Waals surface area contributed by atoms with E-state index in [-0.39, 0.29) is 0 Å². The molecule has 0 bridgehead atoms. The number of fused-ring (bicyclic) bond motifs is 1. The molecule has 5 nitrogen and oxygen atoms in total. The molecule has 2 aromatic heterocycles. The SMILES string of the molecule is Cc1cc(C)nc(NN=c2cc(-c3ccccc3)oc3cc(C)c(Cl)cc23)n1. The van der Waals surface area contributed by atoms with E-state index in [1.165, 1.54) is 0 Å². The van der Waals surface area contributed by atoms with Gasteiger partial charge in [0.1, 0.15) is 11.3 Å². The molecule has 0 aliphatic heterocycles. The van der Waals surface area contributed by atoms with E-state index in [9.17, 15) is 0 Å². The predicted molar refractivity (Wildman–Crippen MR) is 112 cm³/mol. The van der Waals surface area contributed by atoms with Gasteiger partial charge in [-0.15, -0.1) is 0 Å². The molecule has 0 aliphatic carbocycles. The highest BCUT2D eigenvalue weighted by Crippen LogP contribution is 2.26. The average molecular weight is 391 g/mol. The van der Waals surface area contributed by atoms with Crippen LogP contribution in [0.2, 0.25) is 5.02 Å². The van der Waals surface area contributed by atoms with E-state index in [1.807, 2.05) is 75.4 Å². The summed E-state index contributed by atoms with van der Waals surface area (Å²) < 4.78 is 6.14. The number of hydrogen-bond acceptors (Lipinski definition) is 5. The Morgan fingerprint density at radius 2 is 1.64 bits per heavy atom. The third-order valence-corrected chi connectivity index (χ3v) is 4.75. The number of anilines is 1. The molecule has 0 fully saturated rings. The normalized spacial score (nSPS) is 11.8. The van der Waals surface area contributed by atoms with Gasteiger partial charge in [-0.1, -0.05) is 41.9 Å². The Labute approximate surface area is 167 Å². The third kappa shape index (κ3) is 3.75. The van der Waals surface area contributed by atoms with Gasteiger partial charge in [-0.3, -0.25) is 0 Å². The number of aromatic nitrogens is 2. The molecule has 0 saturated carbocycles. The molecule has 1 N–H and O–H groups in total. The zero-order valence-corrected chi connectivity index (χ0v) is 16.6. The molecule has 28 heavy (non-hydrogen) atoms. The molecular weight excluding hydrogens is 372 g/mol. The van der Waals surface area contributed by atoms with Gasteiger partial charge in [-0.2, -0.15) is 5.10 Å². The highest BCUT2D eigenvalue weighted by Gasteiger charge is 2.09. The van der Waals surface area contributed by atoms with Crippen LogP contribution in [-0.2, 0) is 0 Å². The van der Waals surface area contributed by atoms with Crippen molar-refractivity contribution < 1.29 is 4.42 Å². The van der Waals surface area contributed by atoms with E-state index in [0.717, 1.165) is 33.7 Å². The Kier molecular flexibility index (Phi) is 4.84. The van der Waals surface area contributed by atoms with Crippen LogP contribution in [0.1, 0.15) is 17.0 Å². The minimum absolute atomic E-state index is 0.450. The average Bonchev–Trinajstić information content (AvgIpc) is 2.67. The molecule has 0 unspecified atom stereocenters. The van der Waals surface area contributed by atoms with E-state index in [1.54, 1.807) is 0 Å². The predicted octanol–water partition coefficient (Wildman–Crippen LogP) is 5.40. The van der Waals surface area contributed by atoms with Crippen LogP contribution in [0.3, 0.4) is 0 Å². The van der Waals surface area contributed by atoms with Gasteiger partial charge in [0.2, 0.25) is 5.95 Å². The van der Waals surface area contributed by atoms with Gasteiger partial charge >= 0.3 is 0 Å². The molecule has 2 aromatic carbocycles. The maximum Gasteiger partial charge on any atom is 0.243 e. The van der Waals surface area contributed by atoms with Crippen LogP contribution in [0.4, 0.5) is 5.95 Å². The van der Waals surface area contributed by atoms with E-state index in [4.69, 9.17) is 16.0 Å². The van der Waals surface area contributed by atoms with E-state index in [2.05, 4.69) is 20.5 Å². The smallest absolute Gasteiger partial charge is 0.243 e. The van der Waals surface area contributed by atoms with Gasteiger partial charge in [0.05, 0.1) is 5.36 Å². The molecule has 0 radical (unpaired) electrons. The first-order chi connectivity index (χ1) is 13.5. The second-order valence-electron chi connectivity index (χ2n) is 6.66. The molecule has 4 aromatic rings. The Hall–Kier alpha value is -3.18.